The summed E-state index contributed by atoms with van der Waals surface area (Å²) in [5, 5.41) is 2.57. The number of imidazole rings is 1. The molecule has 7 heteroatoms. The van der Waals surface area contributed by atoms with Crippen molar-refractivity contribution in [1.82, 2.24) is 19.8 Å². The number of hydrogen-bond donors (Lipinski definition) is 1. The fraction of sp³-hybridized carbons (Fsp3) is 0.267. The van der Waals surface area contributed by atoms with Crippen LogP contribution in [-0.2, 0) is 13.1 Å². The highest BCUT2D eigenvalue weighted by molar-refractivity contribution is 5.94. The van der Waals surface area contributed by atoms with Gasteiger partial charge >= 0.3 is 0 Å². The lowest BCUT2D eigenvalue weighted by Gasteiger charge is -2.28. The zero-order chi connectivity index (χ0) is 15.7. The molecule has 0 radical (unpaired) electrons. The SMILES string of the molecule is CNC(=O)c1cnc2n1CCN(C(=O)c1ccc(F)cc1)C2. The van der Waals surface area contributed by atoms with E-state index in [2.05, 4.69) is 10.3 Å². The number of rotatable bonds is 2. The summed E-state index contributed by atoms with van der Waals surface area (Å²) >= 11 is 0. The molecule has 2 aromatic rings. The highest BCUT2D eigenvalue weighted by Crippen LogP contribution is 2.17. The molecule has 22 heavy (non-hydrogen) atoms. The number of fused-ring (bicyclic) bond motifs is 1. The molecule has 0 unspecified atom stereocenters. The van der Waals surface area contributed by atoms with Crippen molar-refractivity contribution >= 4 is 11.8 Å². The molecule has 0 aliphatic carbocycles. The molecule has 1 aromatic heterocycles. The fourth-order valence-corrected chi connectivity index (χ4v) is 2.52. The van der Waals surface area contributed by atoms with Crippen molar-refractivity contribution in [2.24, 2.45) is 0 Å². The van der Waals surface area contributed by atoms with Crippen molar-refractivity contribution in [3.05, 3.63) is 53.4 Å². The fourth-order valence-electron chi connectivity index (χ4n) is 2.52. The smallest absolute Gasteiger partial charge is 0.269 e. The third-order valence-electron chi connectivity index (χ3n) is 3.70. The van der Waals surface area contributed by atoms with E-state index in [4.69, 9.17) is 0 Å². The van der Waals surface area contributed by atoms with Gasteiger partial charge in [0.05, 0.1) is 12.7 Å². The zero-order valence-corrected chi connectivity index (χ0v) is 12.0. The first kappa shape index (κ1) is 14.2. The number of nitrogens with one attached hydrogen (secondary N) is 1. The molecular weight excluding hydrogens is 287 g/mol. The Bertz CT molecular complexity index is 724. The number of carbonyl (C=O) groups is 2. The molecule has 0 bridgehead atoms. The number of benzene rings is 1. The maximum absolute atomic E-state index is 12.9. The van der Waals surface area contributed by atoms with Crippen LogP contribution in [0.1, 0.15) is 26.7 Å². The van der Waals surface area contributed by atoms with Crippen molar-refractivity contribution in [3.63, 3.8) is 0 Å². The molecule has 1 aliphatic rings. The van der Waals surface area contributed by atoms with Crippen molar-refractivity contribution in [1.29, 1.82) is 0 Å². The molecule has 0 fully saturated rings. The molecule has 0 saturated heterocycles. The molecule has 2 amide bonds. The summed E-state index contributed by atoms with van der Waals surface area (Å²) in [6.07, 6.45) is 1.51. The molecule has 1 aromatic carbocycles. The van der Waals surface area contributed by atoms with E-state index < -0.39 is 0 Å². The van der Waals surface area contributed by atoms with Gasteiger partial charge in [-0.25, -0.2) is 9.37 Å². The van der Waals surface area contributed by atoms with Crippen LogP contribution in [0.4, 0.5) is 4.39 Å². The van der Waals surface area contributed by atoms with Crippen LogP contribution in [0.2, 0.25) is 0 Å². The van der Waals surface area contributed by atoms with Crippen molar-refractivity contribution in [2.45, 2.75) is 13.1 Å². The monoisotopic (exact) mass is 302 g/mol. The Morgan fingerprint density at radius 2 is 1.95 bits per heavy atom. The summed E-state index contributed by atoms with van der Waals surface area (Å²) in [5.41, 5.74) is 0.930. The number of hydrogen-bond acceptors (Lipinski definition) is 3. The quantitative estimate of drug-likeness (QED) is 0.901. The first-order valence-corrected chi connectivity index (χ1v) is 6.91. The molecular formula is C15H15FN4O2. The second-order valence-corrected chi connectivity index (χ2v) is 5.02. The molecule has 2 heterocycles. The average molecular weight is 302 g/mol. The Labute approximate surface area is 126 Å². The Morgan fingerprint density at radius 3 is 2.64 bits per heavy atom. The van der Waals surface area contributed by atoms with E-state index in [0.29, 0.717) is 36.7 Å². The van der Waals surface area contributed by atoms with Gasteiger partial charge in [0.15, 0.2) is 0 Å². The Kier molecular flexibility index (Phi) is 3.62. The van der Waals surface area contributed by atoms with Crippen LogP contribution in [0.3, 0.4) is 0 Å². The summed E-state index contributed by atoms with van der Waals surface area (Å²) in [7, 11) is 1.56. The Morgan fingerprint density at radius 1 is 1.23 bits per heavy atom. The summed E-state index contributed by atoms with van der Waals surface area (Å²) in [5.74, 6) is -0.0749. The minimum absolute atomic E-state index is 0.171. The molecule has 0 spiro atoms. The topological polar surface area (TPSA) is 67.2 Å². The van der Waals surface area contributed by atoms with Gasteiger partial charge < -0.3 is 14.8 Å². The van der Waals surface area contributed by atoms with E-state index >= 15 is 0 Å². The van der Waals surface area contributed by atoms with Gasteiger partial charge in [0.2, 0.25) is 0 Å². The highest BCUT2D eigenvalue weighted by atomic mass is 19.1. The van der Waals surface area contributed by atoms with Gasteiger partial charge in [-0.15, -0.1) is 0 Å². The third-order valence-corrected chi connectivity index (χ3v) is 3.70. The zero-order valence-electron chi connectivity index (χ0n) is 12.0. The predicted octanol–water partition coefficient (Wildman–Crippen LogP) is 1.04. The molecule has 1 N–H and O–H groups in total. The van der Waals surface area contributed by atoms with Gasteiger partial charge in [-0.2, -0.15) is 0 Å². The van der Waals surface area contributed by atoms with E-state index in [9.17, 15) is 14.0 Å². The van der Waals surface area contributed by atoms with Gasteiger partial charge in [0.1, 0.15) is 17.3 Å². The molecule has 0 atom stereocenters. The molecule has 1 aliphatic heterocycles. The van der Waals surface area contributed by atoms with Gasteiger partial charge in [0, 0.05) is 25.7 Å². The summed E-state index contributed by atoms with van der Waals surface area (Å²) in [6, 6.07) is 5.47. The first-order chi connectivity index (χ1) is 10.6. The van der Waals surface area contributed by atoms with Crippen LogP contribution < -0.4 is 5.32 Å². The van der Waals surface area contributed by atoms with Crippen LogP contribution in [0, 0.1) is 5.82 Å². The highest BCUT2D eigenvalue weighted by Gasteiger charge is 2.25. The van der Waals surface area contributed by atoms with Crippen molar-refractivity contribution in [2.75, 3.05) is 13.6 Å². The van der Waals surface area contributed by atoms with E-state index in [-0.39, 0.29) is 17.6 Å². The molecule has 3 rings (SSSR count). The van der Waals surface area contributed by atoms with Crippen LogP contribution >= 0.6 is 0 Å². The number of halogens is 1. The van der Waals surface area contributed by atoms with Crippen molar-refractivity contribution < 1.29 is 14.0 Å². The maximum Gasteiger partial charge on any atom is 0.269 e. The second-order valence-electron chi connectivity index (χ2n) is 5.02. The third kappa shape index (κ3) is 2.45. The van der Waals surface area contributed by atoms with E-state index in [1.165, 1.54) is 30.5 Å². The van der Waals surface area contributed by atoms with Gasteiger partial charge in [-0.3, -0.25) is 9.59 Å². The van der Waals surface area contributed by atoms with Crippen molar-refractivity contribution in [3.8, 4) is 0 Å². The lowest BCUT2D eigenvalue weighted by Crippen LogP contribution is -2.39. The standard InChI is InChI=1S/C15H15FN4O2/c1-17-14(21)12-8-18-13-9-19(6-7-20(12)13)15(22)10-2-4-11(16)5-3-10/h2-5,8H,6-7,9H2,1H3,(H,17,21). The maximum atomic E-state index is 12.9. The van der Waals surface area contributed by atoms with E-state index in [0.717, 1.165) is 0 Å². The van der Waals surface area contributed by atoms with Crippen LogP contribution in [-0.4, -0.2) is 39.9 Å². The molecule has 114 valence electrons. The number of amides is 2. The summed E-state index contributed by atoms with van der Waals surface area (Å²) in [6.45, 7) is 1.31. The lowest BCUT2D eigenvalue weighted by molar-refractivity contribution is 0.0706. The number of aromatic nitrogens is 2. The Balaban J connectivity index is 1.80. The van der Waals surface area contributed by atoms with Gasteiger partial charge in [-0.05, 0) is 24.3 Å². The number of carbonyl (C=O) groups excluding carboxylic acids is 2. The normalized spacial score (nSPS) is 13.6. The average Bonchev–Trinajstić information content (AvgIpc) is 2.97. The van der Waals surface area contributed by atoms with Crippen LogP contribution in [0.25, 0.3) is 0 Å². The van der Waals surface area contributed by atoms with E-state index in [1.807, 2.05) is 4.57 Å². The van der Waals surface area contributed by atoms with Gasteiger partial charge in [0.25, 0.3) is 11.8 Å². The minimum atomic E-state index is -0.374. The Hall–Kier alpha value is -2.70. The predicted molar refractivity (Wildman–Crippen MR) is 76.8 cm³/mol. The second kappa shape index (κ2) is 5.59. The molecule has 6 nitrogen and oxygen atoms in total. The van der Waals surface area contributed by atoms with Gasteiger partial charge in [-0.1, -0.05) is 0 Å². The van der Waals surface area contributed by atoms with Crippen LogP contribution in [0.15, 0.2) is 30.5 Å². The van der Waals surface area contributed by atoms with Crippen LogP contribution in [0.5, 0.6) is 0 Å². The number of nitrogens with zero attached hydrogens (tertiary/aromatic N) is 3. The summed E-state index contributed by atoms with van der Waals surface area (Å²) < 4.78 is 14.7. The summed E-state index contributed by atoms with van der Waals surface area (Å²) in [4.78, 5) is 30.0. The lowest BCUT2D eigenvalue weighted by atomic mass is 10.2. The van der Waals surface area contributed by atoms with E-state index in [1.54, 1.807) is 11.9 Å². The molecule has 0 saturated carbocycles. The minimum Gasteiger partial charge on any atom is -0.354 e. The largest absolute Gasteiger partial charge is 0.354 e. The first-order valence-electron chi connectivity index (χ1n) is 6.91.